The summed E-state index contributed by atoms with van der Waals surface area (Å²) in [5.41, 5.74) is 12.6. The topological polar surface area (TPSA) is 194 Å². The van der Waals surface area contributed by atoms with Crippen molar-refractivity contribution in [1.82, 2.24) is 10.5 Å². The minimum atomic E-state index is -0.152. The molecule has 4 aromatic rings. The number of Topliss-reactive ketones (excluding diaryl/α,β-unsaturated/α-hetero) is 1. The summed E-state index contributed by atoms with van der Waals surface area (Å²) < 4.78 is 27.7. The lowest BCUT2D eigenvalue weighted by atomic mass is 9.90. The lowest BCUT2D eigenvalue weighted by Crippen LogP contribution is -2.25. The van der Waals surface area contributed by atoms with Crippen molar-refractivity contribution in [2.24, 2.45) is 17.8 Å². The van der Waals surface area contributed by atoms with Crippen LogP contribution in [0, 0.1) is 63.2 Å². The molecule has 4 atom stereocenters. The molecule has 0 aliphatic carbocycles. The summed E-state index contributed by atoms with van der Waals surface area (Å²) in [6, 6.07) is 17.0. The van der Waals surface area contributed by atoms with Gasteiger partial charge in [-0.05, 0) is 176 Å². The van der Waals surface area contributed by atoms with Crippen LogP contribution in [-0.2, 0) is 35.0 Å². The van der Waals surface area contributed by atoms with Crippen molar-refractivity contribution in [2.75, 3.05) is 52.8 Å². The zero-order valence-electron chi connectivity index (χ0n) is 61.4. The van der Waals surface area contributed by atoms with Crippen LogP contribution in [0.1, 0.15) is 248 Å². The Morgan fingerprint density at radius 2 is 1.32 bits per heavy atom. The normalized spacial score (nSPS) is 12.0. The van der Waals surface area contributed by atoms with E-state index in [2.05, 4.69) is 149 Å². The van der Waals surface area contributed by atoms with Gasteiger partial charge >= 0.3 is 0 Å². The maximum atomic E-state index is 11.3. The van der Waals surface area contributed by atoms with E-state index in [0.29, 0.717) is 70.9 Å². The third-order valence-corrected chi connectivity index (χ3v) is 16.9. The van der Waals surface area contributed by atoms with Gasteiger partial charge in [0.2, 0.25) is 5.91 Å². The maximum Gasteiger partial charge on any atom is 0.216 e. The number of thioether (sulfide) groups is 1. The van der Waals surface area contributed by atoms with Crippen LogP contribution in [-0.4, -0.2) is 98.6 Å². The third kappa shape index (κ3) is 44.3. The number of thiophene rings is 1. The fourth-order valence-electron chi connectivity index (χ4n) is 8.64. The lowest BCUT2D eigenvalue weighted by Gasteiger charge is -2.16. The van der Waals surface area contributed by atoms with Crippen LogP contribution in [0.15, 0.2) is 77.2 Å². The molecule has 4 rings (SSSR count). The molecular weight excluding hydrogens is 1190 g/mol. The van der Waals surface area contributed by atoms with Gasteiger partial charge in [-0.25, -0.2) is 0 Å². The van der Waals surface area contributed by atoms with Crippen LogP contribution < -0.4 is 10.1 Å². The first kappa shape index (κ1) is 90.9. The number of aldehydes is 1. The van der Waals surface area contributed by atoms with E-state index in [4.69, 9.17) is 34.3 Å². The molecule has 0 aliphatic rings. The quantitative estimate of drug-likeness (QED) is 0.0192. The van der Waals surface area contributed by atoms with E-state index in [1.807, 2.05) is 71.3 Å². The molecule has 0 fully saturated rings. The molecule has 13 nitrogen and oxygen atoms in total. The number of carbonyl (C=O) groups is 3. The van der Waals surface area contributed by atoms with E-state index >= 15 is 0 Å². The highest BCUT2D eigenvalue weighted by Gasteiger charge is 2.24. The highest BCUT2D eigenvalue weighted by atomic mass is 32.2. The Morgan fingerprint density at radius 1 is 0.739 bits per heavy atom. The van der Waals surface area contributed by atoms with E-state index in [1.165, 1.54) is 86.2 Å². The molecule has 0 saturated heterocycles. The lowest BCUT2D eigenvalue weighted by molar-refractivity contribution is -0.120. The van der Waals surface area contributed by atoms with Gasteiger partial charge in [0.25, 0.3) is 0 Å². The molecule has 0 spiro atoms. The number of aromatic nitrogens is 1. The minimum Gasteiger partial charge on any atom is -0.491 e. The van der Waals surface area contributed by atoms with Gasteiger partial charge in [0.15, 0.2) is 0 Å². The first-order valence-corrected chi connectivity index (χ1v) is 35.5. The summed E-state index contributed by atoms with van der Waals surface area (Å²) in [6.45, 7) is 54.7. The SMILES string of the molecule is C=C(c1ccc(C)cc1)c1c(C)sc(C)c1C.C=CS/C(=C(/C)CCC)c1ccc(CCC)c(OCCOCCOCCOCCNC(C)=O)c1.CC(=O)C(c1cc(C)no1)C(C)C.CCC(C)C(C)=N.CCC(C)CCC(O)CC.CCC=O.CCCCC(C)=N. The molecule has 2 aromatic carbocycles. The molecule has 4 N–H and O–H groups in total. The van der Waals surface area contributed by atoms with Crippen molar-refractivity contribution in [2.45, 2.75) is 241 Å². The third-order valence-electron chi connectivity index (χ3n) is 14.8. The molecule has 522 valence electrons. The van der Waals surface area contributed by atoms with Gasteiger partial charge in [0.1, 0.15) is 30.2 Å². The maximum absolute atomic E-state index is 11.3. The first-order chi connectivity index (χ1) is 43.6. The number of unbranched alkanes of at least 4 members (excludes halogenated alkanes) is 1. The second kappa shape index (κ2) is 57.2. The van der Waals surface area contributed by atoms with Crippen molar-refractivity contribution in [3.63, 3.8) is 0 Å². The number of hydrogen-bond acceptors (Lipinski definition) is 14. The second-order valence-corrected chi connectivity index (χ2v) is 26.2. The number of ketones is 1. The molecule has 92 heavy (non-hydrogen) atoms. The van der Waals surface area contributed by atoms with Crippen LogP contribution >= 0.6 is 23.1 Å². The molecule has 0 aliphatic heterocycles. The van der Waals surface area contributed by atoms with E-state index in [1.54, 1.807) is 18.7 Å². The summed E-state index contributed by atoms with van der Waals surface area (Å²) in [6.07, 6.45) is 14.4. The monoisotopic (exact) mass is 1320 g/mol. The zero-order valence-corrected chi connectivity index (χ0v) is 63.0. The van der Waals surface area contributed by atoms with Gasteiger partial charge in [-0.2, -0.15) is 0 Å². The Morgan fingerprint density at radius 3 is 1.72 bits per heavy atom. The number of aryl methyl sites for hydroxylation is 5. The molecule has 0 bridgehead atoms. The predicted octanol–water partition coefficient (Wildman–Crippen LogP) is 20.4. The van der Waals surface area contributed by atoms with Crippen molar-refractivity contribution >= 4 is 63.0 Å². The fourth-order valence-corrected chi connectivity index (χ4v) is 10.5. The number of allylic oxidation sites excluding steroid dienone is 1. The molecule has 1 amide bonds. The minimum absolute atomic E-state index is 0.0503. The number of aliphatic hydroxyl groups excluding tert-OH is 1. The summed E-state index contributed by atoms with van der Waals surface area (Å²) in [5, 5.41) is 31.6. The van der Waals surface area contributed by atoms with Gasteiger partial charge in [-0.15, -0.1) is 11.3 Å². The van der Waals surface area contributed by atoms with Crippen LogP contribution in [0.25, 0.3) is 10.5 Å². The van der Waals surface area contributed by atoms with Crippen LogP contribution in [0.3, 0.4) is 0 Å². The van der Waals surface area contributed by atoms with Gasteiger partial charge < -0.3 is 49.5 Å². The van der Waals surface area contributed by atoms with Crippen molar-refractivity contribution < 1.29 is 43.0 Å². The van der Waals surface area contributed by atoms with Crippen molar-refractivity contribution in [3.05, 3.63) is 127 Å². The van der Waals surface area contributed by atoms with E-state index in [0.717, 1.165) is 92.0 Å². The average molecular weight is 1320 g/mol. The number of hydrogen-bond donors (Lipinski definition) is 4. The second-order valence-electron chi connectivity index (χ2n) is 23.8. The molecule has 15 heteroatoms. The van der Waals surface area contributed by atoms with Crippen LogP contribution in [0.2, 0.25) is 0 Å². The van der Waals surface area contributed by atoms with Gasteiger partial charge in [-0.3, -0.25) is 9.59 Å². The van der Waals surface area contributed by atoms with E-state index < -0.39 is 0 Å². The number of aliphatic hydroxyl groups is 1. The number of nitrogens with one attached hydrogen (secondary N) is 3. The number of nitrogens with zero attached hydrogens (tertiary/aromatic N) is 1. The van der Waals surface area contributed by atoms with E-state index in [9.17, 15) is 19.5 Å². The fraction of sp³-hybridized carbons (Fsp3) is 0.610. The Bertz CT molecular complexity index is 2640. The highest BCUT2D eigenvalue weighted by molar-refractivity contribution is 8.10. The zero-order chi connectivity index (χ0) is 70.6. The molecule has 0 saturated carbocycles. The summed E-state index contributed by atoms with van der Waals surface area (Å²) in [7, 11) is 0. The number of ether oxygens (including phenoxy) is 4. The smallest absolute Gasteiger partial charge is 0.216 e. The summed E-state index contributed by atoms with van der Waals surface area (Å²) in [4.78, 5) is 35.2. The molecule has 2 heterocycles. The molecule has 4 unspecified atom stereocenters. The Balaban J connectivity index is -0.00000114. The van der Waals surface area contributed by atoms with Gasteiger partial charge in [0, 0.05) is 52.0 Å². The number of carbonyl (C=O) groups excluding carboxylic acids is 3. The molecule has 2 aromatic heterocycles. The summed E-state index contributed by atoms with van der Waals surface area (Å²) >= 11 is 3.54. The van der Waals surface area contributed by atoms with Crippen molar-refractivity contribution in [3.8, 4) is 5.75 Å². The Hall–Kier alpha value is -5.29. The van der Waals surface area contributed by atoms with Gasteiger partial charge in [0.05, 0.1) is 57.4 Å². The first-order valence-electron chi connectivity index (χ1n) is 33.8. The Kier molecular flexibility index (Phi) is 56.5. The largest absolute Gasteiger partial charge is 0.491 e. The van der Waals surface area contributed by atoms with E-state index in [-0.39, 0.29) is 29.6 Å². The van der Waals surface area contributed by atoms with Crippen LogP contribution in [0.5, 0.6) is 5.75 Å². The number of rotatable bonds is 36. The average Bonchev–Trinajstić information content (AvgIpc) is 1.61. The number of amides is 1. The summed E-state index contributed by atoms with van der Waals surface area (Å²) in [5.74, 6) is 3.06. The molecule has 0 radical (unpaired) electrons. The predicted molar refractivity (Wildman–Crippen MR) is 397 cm³/mol. The standard InChI is InChI=1S/C27H43NO5S.C16H18S.C10H15NO2.C9H20O.2C6H13N.C3H6O/c1-6-9-22(4)27(34-8-3)25-12-11-24(10-7-2)26(21-25)33-20-19-32-18-17-31-16-15-30-14-13-28-23(5)29;1-10-6-8-15(9-7-10)12(3)16-11(2)13(4)17-14(16)5;1-6(2)10(8(4)12)9-5-7(3)11-13-9;1-4-8(3)6-7-9(10)5-2;1-4-5(2)6(3)7;1-3-4-5-6(2)7;1-2-3-4/h8,11-12,21H,3,6-7,9-10,13-20H2,1-2,4-5H3,(H,28,29);6-9H,3H2,1-2,4-5H3;5-6,10H,1-4H3;8-10H,4-7H2,1-3H3;5,7H,4H2,1-3H3;7H,3-5H2,1-2H3;3H,2H2,1H3/b27-22-;;;;;;. The van der Waals surface area contributed by atoms with Gasteiger partial charge in [-0.1, -0.05) is 179 Å². The van der Waals surface area contributed by atoms with Crippen molar-refractivity contribution in [1.29, 1.82) is 10.8 Å². The van der Waals surface area contributed by atoms with Crippen LogP contribution in [0.4, 0.5) is 0 Å². The highest BCUT2D eigenvalue weighted by Crippen LogP contribution is 2.37. The number of benzene rings is 2. The Labute approximate surface area is 568 Å². The molecular formula is C77H128N4O9S2.